The third kappa shape index (κ3) is 1.44. The molecule has 1 aromatic carbocycles. The molecule has 0 saturated carbocycles. The van der Waals surface area contributed by atoms with Crippen molar-refractivity contribution in [1.29, 1.82) is 0 Å². The van der Waals surface area contributed by atoms with Crippen LogP contribution in [0.5, 0.6) is 0 Å². The van der Waals surface area contributed by atoms with Crippen molar-refractivity contribution in [3.05, 3.63) is 28.4 Å². The number of halogens is 1. The van der Waals surface area contributed by atoms with E-state index >= 15 is 0 Å². The Morgan fingerprint density at radius 2 is 2.29 bits per heavy atom. The zero-order chi connectivity index (χ0) is 10.1. The van der Waals surface area contributed by atoms with Crippen LogP contribution in [-0.2, 0) is 0 Å². The van der Waals surface area contributed by atoms with Gasteiger partial charge < -0.3 is 9.84 Å². The van der Waals surface area contributed by atoms with E-state index in [9.17, 15) is 0 Å². The average molecular weight is 255 g/mol. The molecule has 0 bridgehead atoms. The highest BCUT2D eigenvalue weighted by atomic mass is 79.9. The van der Waals surface area contributed by atoms with Crippen LogP contribution in [0.15, 0.2) is 27.2 Å². The van der Waals surface area contributed by atoms with Gasteiger partial charge in [-0.15, -0.1) is 0 Å². The van der Waals surface area contributed by atoms with E-state index in [1.54, 1.807) is 0 Å². The Kier molecular flexibility index (Phi) is 2.56. The number of fused-ring (bicyclic) bond motifs is 1. The minimum Gasteiger partial charge on any atom is -0.358 e. The van der Waals surface area contributed by atoms with Crippen LogP contribution < -0.4 is 5.32 Å². The Morgan fingerprint density at radius 1 is 1.50 bits per heavy atom. The summed E-state index contributed by atoms with van der Waals surface area (Å²) in [6.07, 6.45) is 0. The van der Waals surface area contributed by atoms with E-state index < -0.39 is 0 Å². The molecule has 14 heavy (non-hydrogen) atoms. The first-order valence-corrected chi connectivity index (χ1v) is 5.24. The topological polar surface area (TPSA) is 38.1 Å². The third-order valence-corrected chi connectivity index (χ3v) is 2.95. The van der Waals surface area contributed by atoms with Crippen molar-refractivity contribution < 1.29 is 4.52 Å². The molecule has 0 fully saturated rings. The van der Waals surface area contributed by atoms with Crippen LogP contribution >= 0.6 is 15.9 Å². The molecule has 0 radical (unpaired) electrons. The molecule has 1 atom stereocenters. The second kappa shape index (κ2) is 3.71. The molecule has 0 aliphatic heterocycles. The maximum atomic E-state index is 5.31. The molecule has 0 saturated heterocycles. The van der Waals surface area contributed by atoms with E-state index in [1.807, 2.05) is 32.2 Å². The van der Waals surface area contributed by atoms with Crippen molar-refractivity contribution in [1.82, 2.24) is 10.5 Å². The van der Waals surface area contributed by atoms with Crippen molar-refractivity contribution in [3.8, 4) is 0 Å². The van der Waals surface area contributed by atoms with Gasteiger partial charge >= 0.3 is 0 Å². The second-order valence-corrected chi connectivity index (χ2v) is 4.05. The quantitative estimate of drug-likeness (QED) is 0.896. The molecule has 0 amide bonds. The first-order valence-electron chi connectivity index (χ1n) is 4.45. The van der Waals surface area contributed by atoms with Crippen LogP contribution in [0.3, 0.4) is 0 Å². The normalized spacial score (nSPS) is 13.4. The fraction of sp³-hybridized carbons (Fsp3) is 0.300. The molecule has 0 spiro atoms. The van der Waals surface area contributed by atoms with E-state index in [4.69, 9.17) is 4.52 Å². The summed E-state index contributed by atoms with van der Waals surface area (Å²) in [6.45, 7) is 2.04. The Balaban J connectivity index is 2.63. The Bertz CT molecular complexity index is 452. The summed E-state index contributed by atoms with van der Waals surface area (Å²) in [7, 11) is 1.90. The molecule has 1 N–H and O–H groups in total. The van der Waals surface area contributed by atoms with Gasteiger partial charge in [0.2, 0.25) is 0 Å². The number of nitrogens with zero attached hydrogens (tertiary/aromatic N) is 1. The third-order valence-electron chi connectivity index (χ3n) is 2.31. The van der Waals surface area contributed by atoms with Crippen LogP contribution in [-0.4, -0.2) is 12.2 Å². The first-order chi connectivity index (χ1) is 6.74. The van der Waals surface area contributed by atoms with Crippen LogP contribution in [0.1, 0.15) is 18.7 Å². The number of hydrogen-bond acceptors (Lipinski definition) is 3. The summed E-state index contributed by atoms with van der Waals surface area (Å²) < 4.78 is 6.27. The van der Waals surface area contributed by atoms with Gasteiger partial charge in [0.1, 0.15) is 5.52 Å². The van der Waals surface area contributed by atoms with Gasteiger partial charge in [0.05, 0.1) is 6.04 Å². The number of nitrogens with one attached hydrogen (secondary N) is 1. The minimum absolute atomic E-state index is 0.175. The Labute approximate surface area is 90.6 Å². The maximum absolute atomic E-state index is 5.31. The van der Waals surface area contributed by atoms with Crippen molar-refractivity contribution in [2.75, 3.05) is 7.05 Å². The first kappa shape index (κ1) is 9.68. The van der Waals surface area contributed by atoms with E-state index in [0.29, 0.717) is 0 Å². The lowest BCUT2D eigenvalue weighted by Gasteiger charge is -2.04. The number of benzene rings is 1. The monoisotopic (exact) mass is 254 g/mol. The molecular weight excluding hydrogens is 244 g/mol. The molecule has 74 valence electrons. The molecule has 1 aromatic heterocycles. The van der Waals surface area contributed by atoms with Gasteiger partial charge in [-0.25, -0.2) is 0 Å². The SMILES string of the molecule is CNC(C)c1onc2c(Br)cccc12. The van der Waals surface area contributed by atoms with Crippen molar-refractivity contribution in [2.24, 2.45) is 0 Å². The van der Waals surface area contributed by atoms with E-state index in [0.717, 1.165) is 21.1 Å². The van der Waals surface area contributed by atoms with Crippen molar-refractivity contribution >= 4 is 26.8 Å². The minimum atomic E-state index is 0.175. The number of rotatable bonds is 2. The molecule has 4 heteroatoms. The smallest absolute Gasteiger partial charge is 0.161 e. The molecule has 1 heterocycles. The Morgan fingerprint density at radius 3 is 3.00 bits per heavy atom. The van der Waals surface area contributed by atoms with Gasteiger partial charge in [-0.05, 0) is 42.0 Å². The van der Waals surface area contributed by atoms with Gasteiger partial charge in [-0.1, -0.05) is 11.2 Å². The lowest BCUT2D eigenvalue weighted by molar-refractivity contribution is 0.360. The summed E-state index contributed by atoms with van der Waals surface area (Å²) >= 11 is 3.44. The standard InChI is InChI=1S/C10H11BrN2O/c1-6(12-2)10-7-4-3-5-8(11)9(7)13-14-10/h3-6,12H,1-2H3. The number of aromatic nitrogens is 1. The largest absolute Gasteiger partial charge is 0.358 e. The van der Waals surface area contributed by atoms with Crippen LogP contribution in [0.2, 0.25) is 0 Å². The van der Waals surface area contributed by atoms with Crippen LogP contribution in [0.4, 0.5) is 0 Å². The van der Waals surface area contributed by atoms with Gasteiger partial charge in [0.25, 0.3) is 0 Å². The molecule has 3 nitrogen and oxygen atoms in total. The van der Waals surface area contributed by atoms with Gasteiger partial charge in [-0.3, -0.25) is 0 Å². The Hall–Kier alpha value is -0.870. The molecule has 0 aliphatic rings. The lowest BCUT2D eigenvalue weighted by atomic mass is 10.1. The predicted molar refractivity (Wildman–Crippen MR) is 59.2 cm³/mol. The molecule has 2 aromatic rings. The fourth-order valence-electron chi connectivity index (χ4n) is 1.39. The summed E-state index contributed by atoms with van der Waals surface area (Å²) in [5, 5.41) is 8.21. The van der Waals surface area contributed by atoms with Gasteiger partial charge in [0, 0.05) is 9.86 Å². The fourth-order valence-corrected chi connectivity index (χ4v) is 1.83. The zero-order valence-corrected chi connectivity index (χ0v) is 9.63. The van der Waals surface area contributed by atoms with Crippen molar-refractivity contribution in [2.45, 2.75) is 13.0 Å². The maximum Gasteiger partial charge on any atom is 0.161 e. The molecule has 1 unspecified atom stereocenters. The summed E-state index contributed by atoms with van der Waals surface area (Å²) in [6, 6.07) is 6.13. The highest BCUT2D eigenvalue weighted by molar-refractivity contribution is 9.10. The highest BCUT2D eigenvalue weighted by Gasteiger charge is 2.14. The van der Waals surface area contributed by atoms with E-state index in [1.165, 1.54) is 0 Å². The summed E-state index contributed by atoms with van der Waals surface area (Å²) in [5.74, 6) is 0.879. The van der Waals surface area contributed by atoms with Crippen molar-refractivity contribution in [3.63, 3.8) is 0 Å². The van der Waals surface area contributed by atoms with E-state index in [2.05, 4.69) is 26.4 Å². The second-order valence-electron chi connectivity index (χ2n) is 3.19. The van der Waals surface area contributed by atoms with Gasteiger partial charge in [0.15, 0.2) is 5.76 Å². The summed E-state index contributed by atoms with van der Waals surface area (Å²) in [5.41, 5.74) is 0.879. The highest BCUT2D eigenvalue weighted by Crippen LogP contribution is 2.28. The summed E-state index contributed by atoms with van der Waals surface area (Å²) in [4.78, 5) is 0. The zero-order valence-electron chi connectivity index (χ0n) is 8.04. The number of hydrogen-bond donors (Lipinski definition) is 1. The van der Waals surface area contributed by atoms with E-state index in [-0.39, 0.29) is 6.04 Å². The van der Waals surface area contributed by atoms with Gasteiger partial charge in [-0.2, -0.15) is 0 Å². The average Bonchev–Trinajstić information content (AvgIpc) is 2.62. The predicted octanol–water partition coefficient (Wildman–Crippen LogP) is 2.87. The van der Waals surface area contributed by atoms with Crippen LogP contribution in [0.25, 0.3) is 10.9 Å². The van der Waals surface area contributed by atoms with Crippen LogP contribution in [0, 0.1) is 0 Å². The lowest BCUT2D eigenvalue weighted by Crippen LogP contribution is -2.11. The molecule has 0 aliphatic carbocycles. The molecular formula is C10H11BrN2O. The molecule has 2 rings (SSSR count).